The fourth-order valence-electron chi connectivity index (χ4n) is 4.67. The van der Waals surface area contributed by atoms with Gasteiger partial charge in [-0.15, -0.1) is 0 Å². The lowest BCUT2D eigenvalue weighted by molar-refractivity contribution is -0.111. The number of anilines is 1. The van der Waals surface area contributed by atoms with Crippen LogP contribution < -0.4 is 5.32 Å². The number of rotatable bonds is 21. The van der Waals surface area contributed by atoms with Crippen LogP contribution in [-0.4, -0.2) is 25.2 Å². The maximum atomic E-state index is 12.8. The number of sulfone groups is 1. The Balaban J connectivity index is 1.57. The van der Waals surface area contributed by atoms with Gasteiger partial charge in [-0.1, -0.05) is 121 Å². The first-order valence-corrected chi connectivity index (χ1v) is 16.7. The molecule has 1 amide bonds. The zero-order chi connectivity index (χ0) is 28.2. The fourth-order valence-corrected chi connectivity index (χ4v) is 6.08. The maximum absolute atomic E-state index is 12.8. The summed E-state index contributed by atoms with van der Waals surface area (Å²) in [5.74, 6) is -0.0616. The van der Waals surface area contributed by atoms with Crippen LogP contribution in [0.1, 0.15) is 115 Å². The second kappa shape index (κ2) is 19.5. The number of phenols is 1. The van der Waals surface area contributed by atoms with Gasteiger partial charge in [-0.05, 0) is 48.4 Å². The molecule has 2 rings (SSSR count). The molecule has 2 N–H and O–H groups in total. The van der Waals surface area contributed by atoms with E-state index in [1.54, 1.807) is 48.5 Å². The zero-order valence-electron chi connectivity index (χ0n) is 23.9. The third-order valence-corrected chi connectivity index (χ3v) is 8.85. The number of hydrogen-bond donors (Lipinski definition) is 2. The summed E-state index contributed by atoms with van der Waals surface area (Å²) in [6.45, 7) is 2.26. The molecular weight excluding hydrogens is 506 g/mol. The number of carbonyl (C=O) groups excluding carboxylic acids is 1. The van der Waals surface area contributed by atoms with Crippen LogP contribution in [0.5, 0.6) is 5.75 Å². The van der Waals surface area contributed by atoms with Gasteiger partial charge in [-0.3, -0.25) is 4.79 Å². The number of benzene rings is 2. The molecule has 0 bridgehead atoms. The Morgan fingerprint density at radius 3 is 1.79 bits per heavy atom. The first-order chi connectivity index (χ1) is 18.9. The van der Waals surface area contributed by atoms with E-state index in [-0.39, 0.29) is 22.3 Å². The average Bonchev–Trinajstić information content (AvgIpc) is 2.92. The average molecular weight is 556 g/mol. The van der Waals surface area contributed by atoms with Crippen LogP contribution >= 0.6 is 0 Å². The van der Waals surface area contributed by atoms with Gasteiger partial charge in [0.05, 0.1) is 10.6 Å². The van der Waals surface area contributed by atoms with E-state index in [1.807, 2.05) is 0 Å². The molecule has 2 aromatic carbocycles. The minimum atomic E-state index is -3.39. The van der Waals surface area contributed by atoms with Crippen molar-refractivity contribution in [3.63, 3.8) is 0 Å². The van der Waals surface area contributed by atoms with E-state index in [4.69, 9.17) is 0 Å². The molecule has 0 aliphatic carbocycles. The molecular formula is C33H49NO4S. The van der Waals surface area contributed by atoms with Gasteiger partial charge < -0.3 is 10.4 Å². The quantitative estimate of drug-likeness (QED) is 0.119. The maximum Gasteiger partial charge on any atom is 0.248 e. The molecule has 0 spiro atoms. The molecule has 0 unspecified atom stereocenters. The minimum Gasteiger partial charge on any atom is -0.508 e. The van der Waals surface area contributed by atoms with Crippen LogP contribution in [-0.2, 0) is 14.6 Å². The SMILES string of the molecule is CCCCCCCCCCCCCCCCCCS(=O)(=O)c1cccc(NC(=O)C=Cc2ccc(O)cc2)c1. The molecule has 0 saturated heterocycles. The first-order valence-electron chi connectivity index (χ1n) is 15.0. The Morgan fingerprint density at radius 1 is 0.744 bits per heavy atom. The van der Waals surface area contributed by atoms with E-state index in [0.29, 0.717) is 12.1 Å². The molecule has 0 saturated carbocycles. The van der Waals surface area contributed by atoms with Crippen molar-refractivity contribution in [1.82, 2.24) is 0 Å². The van der Waals surface area contributed by atoms with Gasteiger partial charge in [-0.2, -0.15) is 0 Å². The van der Waals surface area contributed by atoms with Gasteiger partial charge >= 0.3 is 0 Å². The van der Waals surface area contributed by atoms with E-state index in [0.717, 1.165) is 18.4 Å². The van der Waals surface area contributed by atoms with Gasteiger partial charge in [-0.25, -0.2) is 8.42 Å². The smallest absolute Gasteiger partial charge is 0.248 e. The molecule has 39 heavy (non-hydrogen) atoms. The normalized spacial score (nSPS) is 11.7. The number of nitrogens with one attached hydrogen (secondary N) is 1. The van der Waals surface area contributed by atoms with Crippen molar-refractivity contribution in [2.45, 2.75) is 115 Å². The third kappa shape index (κ3) is 14.9. The summed E-state index contributed by atoms with van der Waals surface area (Å²) in [6.07, 6.45) is 23.1. The Labute approximate surface area is 237 Å². The largest absolute Gasteiger partial charge is 0.508 e. The lowest BCUT2D eigenvalue weighted by atomic mass is 10.0. The second-order valence-electron chi connectivity index (χ2n) is 10.6. The van der Waals surface area contributed by atoms with Crippen molar-refractivity contribution in [2.75, 3.05) is 11.1 Å². The van der Waals surface area contributed by atoms with Crippen molar-refractivity contribution in [3.8, 4) is 5.75 Å². The summed E-state index contributed by atoms with van der Waals surface area (Å²) in [5.41, 5.74) is 1.22. The molecule has 0 aliphatic rings. The number of aromatic hydroxyl groups is 1. The van der Waals surface area contributed by atoms with Crippen LogP contribution in [0.25, 0.3) is 6.08 Å². The monoisotopic (exact) mass is 555 g/mol. The summed E-state index contributed by atoms with van der Waals surface area (Å²) in [5, 5.41) is 12.1. The summed E-state index contributed by atoms with van der Waals surface area (Å²) >= 11 is 0. The van der Waals surface area contributed by atoms with E-state index in [1.165, 1.54) is 95.6 Å². The van der Waals surface area contributed by atoms with Crippen molar-refractivity contribution >= 4 is 27.5 Å². The lowest BCUT2D eigenvalue weighted by Crippen LogP contribution is -2.10. The van der Waals surface area contributed by atoms with E-state index < -0.39 is 9.84 Å². The third-order valence-electron chi connectivity index (χ3n) is 7.05. The predicted octanol–water partition coefficient (Wildman–Crippen LogP) is 9.08. The molecule has 6 heteroatoms. The summed E-state index contributed by atoms with van der Waals surface area (Å²) in [6, 6.07) is 12.9. The molecule has 0 aliphatic heterocycles. The Bertz CT molecular complexity index is 1080. The highest BCUT2D eigenvalue weighted by molar-refractivity contribution is 7.91. The number of hydrogen-bond acceptors (Lipinski definition) is 4. The van der Waals surface area contributed by atoms with Crippen molar-refractivity contribution in [1.29, 1.82) is 0 Å². The molecule has 0 atom stereocenters. The Kier molecular flexibility index (Phi) is 16.3. The highest BCUT2D eigenvalue weighted by Gasteiger charge is 2.14. The number of unbranched alkanes of at least 4 members (excludes halogenated alkanes) is 15. The lowest BCUT2D eigenvalue weighted by Gasteiger charge is -2.08. The Morgan fingerprint density at radius 2 is 1.26 bits per heavy atom. The van der Waals surface area contributed by atoms with E-state index in [2.05, 4.69) is 12.2 Å². The Hall–Kier alpha value is -2.60. The van der Waals surface area contributed by atoms with Gasteiger partial charge in [0, 0.05) is 11.8 Å². The van der Waals surface area contributed by atoms with E-state index in [9.17, 15) is 18.3 Å². The van der Waals surface area contributed by atoms with Gasteiger partial charge in [0.25, 0.3) is 0 Å². The van der Waals surface area contributed by atoms with Crippen LogP contribution in [0.3, 0.4) is 0 Å². The molecule has 2 aromatic rings. The molecule has 0 fully saturated rings. The number of amides is 1. The van der Waals surface area contributed by atoms with Crippen LogP contribution in [0.2, 0.25) is 0 Å². The number of phenolic OH excluding ortho intramolecular Hbond substituents is 1. The molecule has 0 radical (unpaired) electrons. The van der Waals surface area contributed by atoms with Crippen LogP contribution in [0.15, 0.2) is 59.5 Å². The van der Waals surface area contributed by atoms with Gasteiger partial charge in [0.1, 0.15) is 5.75 Å². The van der Waals surface area contributed by atoms with Crippen molar-refractivity contribution in [2.24, 2.45) is 0 Å². The summed E-state index contributed by atoms with van der Waals surface area (Å²) in [4.78, 5) is 12.5. The highest BCUT2D eigenvalue weighted by atomic mass is 32.2. The van der Waals surface area contributed by atoms with E-state index >= 15 is 0 Å². The second-order valence-corrected chi connectivity index (χ2v) is 12.7. The molecule has 0 heterocycles. The standard InChI is InChI=1S/C33H49NO4S/c1-2-3-4-5-6-7-8-9-10-11-12-13-14-15-16-17-27-39(37,38)32-20-18-19-30(28-32)34-33(36)26-23-29-21-24-31(35)25-22-29/h18-26,28,35H,2-17,27H2,1H3,(H,34,36). The van der Waals surface area contributed by atoms with Gasteiger partial charge in [0.2, 0.25) is 5.91 Å². The van der Waals surface area contributed by atoms with Crippen LogP contribution in [0, 0.1) is 0 Å². The zero-order valence-corrected chi connectivity index (χ0v) is 24.7. The predicted molar refractivity (Wildman–Crippen MR) is 164 cm³/mol. The van der Waals surface area contributed by atoms with Crippen molar-refractivity contribution in [3.05, 3.63) is 60.2 Å². The first kappa shape index (κ1) is 32.6. The molecule has 5 nitrogen and oxygen atoms in total. The fraction of sp³-hybridized carbons (Fsp3) is 0.545. The van der Waals surface area contributed by atoms with Gasteiger partial charge in [0.15, 0.2) is 9.84 Å². The summed E-state index contributed by atoms with van der Waals surface area (Å²) < 4.78 is 25.6. The topological polar surface area (TPSA) is 83.5 Å². The van der Waals surface area contributed by atoms with Crippen molar-refractivity contribution < 1.29 is 18.3 Å². The molecule has 216 valence electrons. The molecule has 0 aromatic heterocycles. The highest BCUT2D eigenvalue weighted by Crippen LogP contribution is 2.19. The minimum absolute atomic E-state index is 0.129. The van der Waals surface area contributed by atoms with Crippen LogP contribution in [0.4, 0.5) is 5.69 Å². The summed E-state index contributed by atoms with van der Waals surface area (Å²) in [7, 11) is -3.39. The number of carbonyl (C=O) groups is 1.